The number of hydrogen-bond donors (Lipinski definition) is 2. The van der Waals surface area contributed by atoms with Gasteiger partial charge in [0, 0.05) is 29.7 Å². The molecule has 0 radical (unpaired) electrons. The number of fused-ring (bicyclic) bond motifs is 1. The molecule has 3 rings (SSSR count). The van der Waals surface area contributed by atoms with Gasteiger partial charge in [-0.3, -0.25) is 0 Å². The van der Waals surface area contributed by atoms with Gasteiger partial charge in [-0.2, -0.15) is 0 Å². The van der Waals surface area contributed by atoms with Crippen LogP contribution in [0.1, 0.15) is 6.42 Å². The van der Waals surface area contributed by atoms with E-state index in [-0.39, 0.29) is 18.0 Å². The van der Waals surface area contributed by atoms with Gasteiger partial charge < -0.3 is 20.3 Å². The summed E-state index contributed by atoms with van der Waals surface area (Å²) in [6.07, 6.45) is 0.412. The highest BCUT2D eigenvalue weighted by atomic mass is 35.5. The molecule has 0 aromatic heterocycles. The smallest absolute Gasteiger partial charge is 0.407 e. The molecule has 2 saturated heterocycles. The summed E-state index contributed by atoms with van der Waals surface area (Å²) < 4.78 is 4.97. The van der Waals surface area contributed by atoms with Crippen molar-refractivity contribution in [2.24, 2.45) is 5.92 Å². The van der Waals surface area contributed by atoms with Crippen LogP contribution in [0.3, 0.4) is 0 Å². The van der Waals surface area contributed by atoms with E-state index in [4.69, 9.17) is 16.3 Å². The van der Waals surface area contributed by atoms with Crippen LogP contribution >= 0.6 is 11.6 Å². The first-order valence-electron chi connectivity index (χ1n) is 6.86. The van der Waals surface area contributed by atoms with Crippen LogP contribution in [0.15, 0.2) is 24.3 Å². The average molecular weight is 310 g/mol. The van der Waals surface area contributed by atoms with E-state index in [9.17, 15) is 9.59 Å². The van der Waals surface area contributed by atoms with E-state index in [1.54, 1.807) is 29.2 Å². The summed E-state index contributed by atoms with van der Waals surface area (Å²) >= 11 is 5.81. The number of urea groups is 1. The molecular formula is C14H16ClN3O3. The van der Waals surface area contributed by atoms with Crippen LogP contribution in [0.25, 0.3) is 0 Å². The van der Waals surface area contributed by atoms with E-state index < -0.39 is 6.09 Å². The van der Waals surface area contributed by atoms with Gasteiger partial charge >= 0.3 is 12.1 Å². The number of nitrogens with one attached hydrogen (secondary N) is 2. The minimum absolute atomic E-state index is 0.0315. The molecule has 0 aliphatic carbocycles. The predicted octanol–water partition coefficient (Wildman–Crippen LogP) is 2.30. The predicted molar refractivity (Wildman–Crippen MR) is 78.4 cm³/mol. The zero-order valence-electron chi connectivity index (χ0n) is 11.3. The van der Waals surface area contributed by atoms with E-state index in [1.165, 1.54) is 0 Å². The van der Waals surface area contributed by atoms with Crippen LogP contribution in [0, 0.1) is 5.92 Å². The molecule has 0 saturated carbocycles. The first-order chi connectivity index (χ1) is 10.1. The van der Waals surface area contributed by atoms with Crippen molar-refractivity contribution >= 4 is 29.4 Å². The molecule has 2 fully saturated rings. The quantitative estimate of drug-likeness (QED) is 0.836. The Bertz CT molecular complexity index is 549. The minimum Gasteiger partial charge on any atom is -0.449 e. The Morgan fingerprint density at radius 3 is 2.90 bits per heavy atom. The van der Waals surface area contributed by atoms with Crippen molar-refractivity contribution in [3.63, 3.8) is 0 Å². The molecule has 1 aromatic carbocycles. The maximum absolute atomic E-state index is 12.2. The molecule has 6 nitrogen and oxygen atoms in total. The molecule has 3 amide bonds. The van der Waals surface area contributed by atoms with Crippen LogP contribution in [0.5, 0.6) is 0 Å². The van der Waals surface area contributed by atoms with E-state index in [0.29, 0.717) is 30.4 Å². The largest absolute Gasteiger partial charge is 0.449 e. The number of piperidine rings is 1. The Morgan fingerprint density at radius 1 is 1.38 bits per heavy atom. The maximum Gasteiger partial charge on any atom is 0.407 e. The number of carbonyl (C=O) groups excluding carboxylic acids is 2. The number of rotatable bonds is 1. The number of anilines is 1. The topological polar surface area (TPSA) is 70.7 Å². The van der Waals surface area contributed by atoms with Gasteiger partial charge in [0.1, 0.15) is 0 Å². The molecule has 2 aliphatic heterocycles. The summed E-state index contributed by atoms with van der Waals surface area (Å²) in [7, 11) is 0. The molecule has 2 atom stereocenters. The Morgan fingerprint density at radius 2 is 2.14 bits per heavy atom. The van der Waals surface area contributed by atoms with Crippen LogP contribution in [0.4, 0.5) is 15.3 Å². The Kier molecular flexibility index (Phi) is 3.88. The Balaban J connectivity index is 1.60. The van der Waals surface area contributed by atoms with Crippen molar-refractivity contribution in [3.8, 4) is 0 Å². The highest BCUT2D eigenvalue weighted by Gasteiger charge is 2.36. The number of hydrogen-bond acceptors (Lipinski definition) is 3. The number of likely N-dealkylation sites (tertiary alicyclic amines) is 1. The molecule has 0 spiro atoms. The number of halogens is 1. The summed E-state index contributed by atoms with van der Waals surface area (Å²) in [6.45, 7) is 1.59. The lowest BCUT2D eigenvalue weighted by Crippen LogP contribution is -2.58. The van der Waals surface area contributed by atoms with Crippen molar-refractivity contribution in [1.29, 1.82) is 0 Å². The first-order valence-corrected chi connectivity index (χ1v) is 7.24. The number of benzene rings is 1. The normalized spacial score (nSPS) is 24.6. The first kappa shape index (κ1) is 14.0. The second kappa shape index (κ2) is 5.81. The third kappa shape index (κ3) is 3.21. The van der Waals surface area contributed by atoms with Gasteiger partial charge in [0.15, 0.2) is 0 Å². The lowest BCUT2D eigenvalue weighted by molar-refractivity contribution is 0.0493. The third-order valence-electron chi connectivity index (χ3n) is 3.87. The molecule has 1 aromatic rings. The van der Waals surface area contributed by atoms with Crippen LogP contribution in [-0.2, 0) is 4.74 Å². The standard InChI is InChI=1S/C14H16ClN3O3/c15-10-1-3-11(4-2-10)16-13(19)18-6-5-9-8-21-14(20)17-12(9)7-18/h1-4,9,12H,5-8H2,(H,16,19)(H,17,20)/t9-,12+/m0/s1. The van der Waals surface area contributed by atoms with E-state index in [1.807, 2.05) is 0 Å². The zero-order valence-corrected chi connectivity index (χ0v) is 12.1. The summed E-state index contributed by atoms with van der Waals surface area (Å²) in [6, 6.07) is 6.75. The van der Waals surface area contributed by atoms with E-state index in [0.717, 1.165) is 6.42 Å². The lowest BCUT2D eigenvalue weighted by Gasteiger charge is -2.40. The number of nitrogens with zero attached hydrogens (tertiary/aromatic N) is 1. The van der Waals surface area contributed by atoms with E-state index >= 15 is 0 Å². The highest BCUT2D eigenvalue weighted by Crippen LogP contribution is 2.22. The van der Waals surface area contributed by atoms with E-state index in [2.05, 4.69) is 10.6 Å². The number of carbonyl (C=O) groups is 2. The number of cyclic esters (lactones) is 1. The molecule has 0 unspecified atom stereocenters. The summed E-state index contributed by atoms with van der Waals surface area (Å²) in [4.78, 5) is 25.2. The SMILES string of the molecule is O=C1N[C@@H]2CN(C(=O)Nc3ccc(Cl)cc3)CC[C@H]2CO1. The molecule has 2 N–H and O–H groups in total. The molecule has 21 heavy (non-hydrogen) atoms. The zero-order chi connectivity index (χ0) is 14.8. The fourth-order valence-electron chi connectivity index (χ4n) is 2.66. The number of alkyl carbamates (subject to hydrolysis) is 1. The van der Waals surface area contributed by atoms with Crippen molar-refractivity contribution in [2.45, 2.75) is 12.5 Å². The molecule has 0 bridgehead atoms. The van der Waals surface area contributed by atoms with Gasteiger partial charge in [-0.25, -0.2) is 9.59 Å². The summed E-state index contributed by atoms with van der Waals surface area (Å²) in [5.41, 5.74) is 0.697. The second-order valence-electron chi connectivity index (χ2n) is 5.28. The molecule has 2 heterocycles. The fraction of sp³-hybridized carbons (Fsp3) is 0.429. The second-order valence-corrected chi connectivity index (χ2v) is 5.72. The summed E-state index contributed by atoms with van der Waals surface area (Å²) in [5.74, 6) is 0.280. The minimum atomic E-state index is -0.406. The van der Waals surface area contributed by atoms with Gasteiger partial charge in [-0.15, -0.1) is 0 Å². The lowest BCUT2D eigenvalue weighted by atomic mass is 9.92. The average Bonchev–Trinajstić information content (AvgIpc) is 2.48. The van der Waals surface area contributed by atoms with Crippen LogP contribution < -0.4 is 10.6 Å². The Hall–Kier alpha value is -1.95. The third-order valence-corrected chi connectivity index (χ3v) is 4.12. The van der Waals surface area contributed by atoms with Gasteiger partial charge in [0.25, 0.3) is 0 Å². The van der Waals surface area contributed by atoms with Crippen LogP contribution in [-0.4, -0.2) is 42.8 Å². The Labute approximate surface area is 127 Å². The van der Waals surface area contributed by atoms with Crippen LogP contribution in [0.2, 0.25) is 5.02 Å². The maximum atomic E-state index is 12.2. The molecule has 2 aliphatic rings. The highest BCUT2D eigenvalue weighted by molar-refractivity contribution is 6.30. The number of ether oxygens (including phenoxy) is 1. The van der Waals surface area contributed by atoms with Gasteiger partial charge in [0.2, 0.25) is 0 Å². The van der Waals surface area contributed by atoms with Crippen molar-refractivity contribution in [1.82, 2.24) is 10.2 Å². The van der Waals surface area contributed by atoms with Gasteiger partial charge in [-0.05, 0) is 30.7 Å². The van der Waals surface area contributed by atoms with Gasteiger partial charge in [-0.1, -0.05) is 11.6 Å². The number of amides is 3. The monoisotopic (exact) mass is 309 g/mol. The van der Waals surface area contributed by atoms with Crippen molar-refractivity contribution in [2.75, 3.05) is 25.0 Å². The van der Waals surface area contributed by atoms with Crippen molar-refractivity contribution < 1.29 is 14.3 Å². The van der Waals surface area contributed by atoms with Crippen molar-refractivity contribution in [3.05, 3.63) is 29.3 Å². The van der Waals surface area contributed by atoms with Gasteiger partial charge in [0.05, 0.1) is 12.6 Å². The summed E-state index contributed by atoms with van der Waals surface area (Å²) in [5, 5.41) is 6.23. The molecule has 7 heteroatoms. The fourth-order valence-corrected chi connectivity index (χ4v) is 2.79. The molecular weight excluding hydrogens is 294 g/mol. The molecule has 112 valence electrons.